The molecule has 1 aromatic carbocycles. The summed E-state index contributed by atoms with van der Waals surface area (Å²) in [6.45, 7) is 4.35. The highest BCUT2D eigenvalue weighted by Gasteiger charge is 2.01. The standard InChI is InChI=1S/C9H10N3/c1-2-10-9-7-5-3-4-6-8(7)11-12-9/h3-6H,1-2H2,(H2,10,11,12). The van der Waals surface area contributed by atoms with Crippen LogP contribution in [0.2, 0.25) is 0 Å². The summed E-state index contributed by atoms with van der Waals surface area (Å²) in [5.41, 5.74) is 1.05. The van der Waals surface area contributed by atoms with Gasteiger partial charge in [0.25, 0.3) is 0 Å². The molecule has 61 valence electrons. The Labute approximate surface area is 70.8 Å². The van der Waals surface area contributed by atoms with Crippen LogP contribution in [-0.2, 0) is 0 Å². The molecule has 0 aliphatic rings. The third-order valence-corrected chi connectivity index (χ3v) is 1.76. The molecule has 0 bridgehead atoms. The van der Waals surface area contributed by atoms with Crippen LogP contribution < -0.4 is 5.32 Å². The zero-order chi connectivity index (χ0) is 8.39. The molecule has 0 aliphatic carbocycles. The Morgan fingerprint density at radius 3 is 3.08 bits per heavy atom. The van der Waals surface area contributed by atoms with Crippen LogP contribution >= 0.6 is 0 Å². The van der Waals surface area contributed by atoms with Gasteiger partial charge in [-0.1, -0.05) is 12.1 Å². The largest absolute Gasteiger partial charge is 0.368 e. The van der Waals surface area contributed by atoms with E-state index in [2.05, 4.69) is 22.4 Å². The topological polar surface area (TPSA) is 40.7 Å². The second-order valence-electron chi connectivity index (χ2n) is 2.54. The van der Waals surface area contributed by atoms with Gasteiger partial charge in [-0.2, -0.15) is 5.10 Å². The first-order valence-electron chi connectivity index (χ1n) is 3.88. The average molecular weight is 160 g/mol. The second kappa shape index (κ2) is 2.85. The number of hydrogen-bond donors (Lipinski definition) is 2. The van der Waals surface area contributed by atoms with Gasteiger partial charge in [-0.15, -0.1) is 0 Å². The number of hydrogen-bond acceptors (Lipinski definition) is 2. The van der Waals surface area contributed by atoms with Crippen LogP contribution in [0.25, 0.3) is 10.9 Å². The molecule has 0 fully saturated rings. The first-order valence-corrected chi connectivity index (χ1v) is 3.88. The molecule has 1 heterocycles. The number of H-pyrrole nitrogens is 1. The molecule has 0 atom stereocenters. The van der Waals surface area contributed by atoms with Crippen LogP contribution in [0.1, 0.15) is 0 Å². The highest BCUT2D eigenvalue weighted by molar-refractivity contribution is 5.89. The van der Waals surface area contributed by atoms with Crippen LogP contribution in [-0.4, -0.2) is 16.7 Å². The van der Waals surface area contributed by atoms with Crippen LogP contribution in [0.4, 0.5) is 5.82 Å². The molecule has 1 radical (unpaired) electrons. The van der Waals surface area contributed by atoms with Gasteiger partial charge >= 0.3 is 0 Å². The number of para-hydroxylation sites is 1. The molecule has 3 heteroatoms. The number of nitrogens with one attached hydrogen (secondary N) is 2. The van der Waals surface area contributed by atoms with Crippen molar-refractivity contribution in [3.05, 3.63) is 31.2 Å². The number of aromatic nitrogens is 2. The Balaban J connectivity index is 2.55. The van der Waals surface area contributed by atoms with E-state index in [1.54, 1.807) is 0 Å². The molecule has 2 aromatic rings. The summed E-state index contributed by atoms with van der Waals surface area (Å²) in [5, 5.41) is 11.2. The summed E-state index contributed by atoms with van der Waals surface area (Å²) in [6.07, 6.45) is 0. The molecular weight excluding hydrogens is 150 g/mol. The number of rotatable bonds is 2. The fraction of sp³-hybridized carbons (Fsp3) is 0.111. The predicted molar refractivity (Wildman–Crippen MR) is 49.9 cm³/mol. The summed E-state index contributed by atoms with van der Waals surface area (Å²) in [7, 11) is 0. The molecule has 2 rings (SSSR count). The van der Waals surface area contributed by atoms with Crippen LogP contribution in [0, 0.1) is 6.92 Å². The lowest BCUT2D eigenvalue weighted by atomic mass is 10.2. The average Bonchev–Trinajstić information content (AvgIpc) is 2.50. The third-order valence-electron chi connectivity index (χ3n) is 1.76. The summed E-state index contributed by atoms with van der Waals surface area (Å²) in [5.74, 6) is 0.876. The normalized spacial score (nSPS) is 10.4. The van der Waals surface area contributed by atoms with E-state index in [9.17, 15) is 0 Å². The zero-order valence-electron chi connectivity index (χ0n) is 6.67. The van der Waals surface area contributed by atoms with E-state index >= 15 is 0 Å². The Kier molecular flexibility index (Phi) is 1.70. The van der Waals surface area contributed by atoms with Crippen molar-refractivity contribution < 1.29 is 0 Å². The van der Waals surface area contributed by atoms with Crippen molar-refractivity contribution in [1.29, 1.82) is 0 Å². The van der Waals surface area contributed by atoms with Crippen molar-refractivity contribution in [3.8, 4) is 0 Å². The minimum atomic E-state index is 0.648. The Bertz CT molecular complexity index is 378. The SMILES string of the molecule is [CH2]CNc1n[nH]c2ccccc12. The van der Waals surface area contributed by atoms with Crippen LogP contribution in [0.5, 0.6) is 0 Å². The monoisotopic (exact) mass is 160 g/mol. The molecule has 2 N–H and O–H groups in total. The van der Waals surface area contributed by atoms with Gasteiger partial charge in [0, 0.05) is 11.9 Å². The van der Waals surface area contributed by atoms with Crippen LogP contribution in [0.15, 0.2) is 24.3 Å². The molecule has 0 amide bonds. The van der Waals surface area contributed by atoms with Gasteiger partial charge in [-0.25, -0.2) is 0 Å². The Morgan fingerprint density at radius 2 is 2.25 bits per heavy atom. The minimum Gasteiger partial charge on any atom is -0.368 e. The lowest BCUT2D eigenvalue weighted by molar-refractivity contribution is 1.10. The van der Waals surface area contributed by atoms with Gasteiger partial charge < -0.3 is 5.32 Å². The van der Waals surface area contributed by atoms with Gasteiger partial charge in [-0.05, 0) is 19.1 Å². The summed E-state index contributed by atoms with van der Waals surface area (Å²) in [4.78, 5) is 0. The number of benzene rings is 1. The van der Waals surface area contributed by atoms with Crippen LogP contribution in [0.3, 0.4) is 0 Å². The van der Waals surface area contributed by atoms with E-state index < -0.39 is 0 Å². The fourth-order valence-corrected chi connectivity index (χ4v) is 1.22. The first kappa shape index (κ1) is 7.16. The van der Waals surface area contributed by atoms with E-state index in [1.807, 2.05) is 24.3 Å². The van der Waals surface area contributed by atoms with Gasteiger partial charge in [0.15, 0.2) is 5.82 Å². The van der Waals surface area contributed by atoms with Crippen molar-refractivity contribution in [2.24, 2.45) is 0 Å². The van der Waals surface area contributed by atoms with Gasteiger partial charge in [-0.3, -0.25) is 5.10 Å². The molecule has 0 saturated carbocycles. The molecular formula is C9H10N3. The smallest absolute Gasteiger partial charge is 0.155 e. The first-order chi connectivity index (χ1) is 5.92. The number of nitrogens with zero attached hydrogens (tertiary/aromatic N) is 1. The number of aromatic amines is 1. The molecule has 0 spiro atoms. The lowest BCUT2D eigenvalue weighted by Crippen LogP contribution is -1.96. The van der Waals surface area contributed by atoms with Gasteiger partial charge in [0.05, 0.1) is 5.52 Å². The Morgan fingerprint density at radius 1 is 1.42 bits per heavy atom. The summed E-state index contributed by atoms with van der Waals surface area (Å²) in [6, 6.07) is 7.99. The fourth-order valence-electron chi connectivity index (χ4n) is 1.22. The molecule has 12 heavy (non-hydrogen) atoms. The van der Waals surface area contributed by atoms with E-state index in [0.29, 0.717) is 6.54 Å². The minimum absolute atomic E-state index is 0.648. The van der Waals surface area contributed by atoms with Crippen molar-refractivity contribution in [3.63, 3.8) is 0 Å². The van der Waals surface area contributed by atoms with E-state index in [1.165, 1.54) is 0 Å². The van der Waals surface area contributed by atoms with Crippen molar-refractivity contribution in [2.45, 2.75) is 0 Å². The van der Waals surface area contributed by atoms with Crippen molar-refractivity contribution in [2.75, 3.05) is 11.9 Å². The second-order valence-corrected chi connectivity index (χ2v) is 2.54. The molecule has 0 unspecified atom stereocenters. The zero-order valence-corrected chi connectivity index (χ0v) is 6.67. The highest BCUT2D eigenvalue weighted by atomic mass is 15.2. The maximum atomic E-state index is 4.11. The van der Waals surface area contributed by atoms with Crippen molar-refractivity contribution >= 4 is 16.7 Å². The van der Waals surface area contributed by atoms with Gasteiger partial charge in [0.2, 0.25) is 0 Å². The summed E-state index contributed by atoms with van der Waals surface area (Å²) >= 11 is 0. The summed E-state index contributed by atoms with van der Waals surface area (Å²) < 4.78 is 0. The number of anilines is 1. The molecule has 1 aromatic heterocycles. The van der Waals surface area contributed by atoms with E-state index in [0.717, 1.165) is 16.7 Å². The maximum absolute atomic E-state index is 4.11. The Hall–Kier alpha value is -1.51. The molecule has 0 aliphatic heterocycles. The number of fused-ring (bicyclic) bond motifs is 1. The highest BCUT2D eigenvalue weighted by Crippen LogP contribution is 2.18. The van der Waals surface area contributed by atoms with Gasteiger partial charge in [0.1, 0.15) is 0 Å². The lowest BCUT2D eigenvalue weighted by Gasteiger charge is -1.96. The predicted octanol–water partition coefficient (Wildman–Crippen LogP) is 1.81. The van der Waals surface area contributed by atoms with Crippen molar-refractivity contribution in [1.82, 2.24) is 10.2 Å². The van der Waals surface area contributed by atoms with E-state index in [-0.39, 0.29) is 0 Å². The third kappa shape index (κ3) is 1.03. The quantitative estimate of drug-likeness (QED) is 0.703. The maximum Gasteiger partial charge on any atom is 0.155 e. The molecule has 0 saturated heterocycles. The molecule has 3 nitrogen and oxygen atoms in total. The van der Waals surface area contributed by atoms with E-state index in [4.69, 9.17) is 0 Å².